The topological polar surface area (TPSA) is 46.5 Å². The Kier molecular flexibility index (Phi) is 8.52. The van der Waals surface area contributed by atoms with Crippen LogP contribution < -0.4 is 0 Å². The summed E-state index contributed by atoms with van der Waals surface area (Å²) in [6.45, 7) is 9.19. The number of aryl methyl sites for hydroxylation is 1. The Morgan fingerprint density at radius 3 is 2.29 bits per heavy atom. The number of aliphatic hydroxyl groups excluding tert-OH is 1. The standard InChI is InChI=1S/C18H20O3.C3H6/c1-13-3-6-18(11-17(13)9-10-21-14(2)20)16-7-4-15(12-19)5-8-16;1-3-2/h3-8,11,19H,9-10,12H2,1-2H3;3H,1H2,2H3. The van der Waals surface area contributed by atoms with Crippen molar-refractivity contribution >= 4 is 5.97 Å². The van der Waals surface area contributed by atoms with E-state index in [2.05, 4.69) is 31.7 Å². The van der Waals surface area contributed by atoms with Gasteiger partial charge in [-0.25, -0.2) is 0 Å². The quantitative estimate of drug-likeness (QED) is 0.652. The molecule has 0 aliphatic heterocycles. The summed E-state index contributed by atoms with van der Waals surface area (Å²) in [5, 5.41) is 9.08. The first kappa shape index (κ1) is 19.7. The van der Waals surface area contributed by atoms with E-state index in [1.165, 1.54) is 18.1 Å². The molecule has 2 aromatic carbocycles. The first-order chi connectivity index (χ1) is 11.5. The van der Waals surface area contributed by atoms with Gasteiger partial charge >= 0.3 is 5.97 Å². The molecule has 0 amide bonds. The Labute approximate surface area is 144 Å². The molecule has 0 heterocycles. The summed E-state index contributed by atoms with van der Waals surface area (Å²) in [6.07, 6.45) is 2.47. The van der Waals surface area contributed by atoms with Crippen molar-refractivity contribution in [2.75, 3.05) is 6.61 Å². The monoisotopic (exact) mass is 326 g/mol. The van der Waals surface area contributed by atoms with Crippen molar-refractivity contribution in [3.05, 3.63) is 71.8 Å². The summed E-state index contributed by atoms with van der Waals surface area (Å²) < 4.78 is 5.01. The van der Waals surface area contributed by atoms with Gasteiger partial charge in [-0.1, -0.05) is 48.5 Å². The summed E-state index contributed by atoms with van der Waals surface area (Å²) in [4.78, 5) is 10.8. The van der Waals surface area contributed by atoms with Crippen LogP contribution in [-0.4, -0.2) is 17.7 Å². The lowest BCUT2D eigenvalue weighted by Gasteiger charge is -2.10. The van der Waals surface area contributed by atoms with Crippen LogP contribution in [0.15, 0.2) is 55.1 Å². The molecule has 3 nitrogen and oxygen atoms in total. The number of allylic oxidation sites excluding steroid dienone is 1. The van der Waals surface area contributed by atoms with Crippen LogP contribution in [0.25, 0.3) is 11.1 Å². The molecule has 3 heteroatoms. The highest BCUT2D eigenvalue weighted by molar-refractivity contribution is 5.66. The van der Waals surface area contributed by atoms with E-state index in [-0.39, 0.29) is 12.6 Å². The van der Waals surface area contributed by atoms with Crippen LogP contribution in [-0.2, 0) is 22.6 Å². The molecule has 2 rings (SSSR count). The molecule has 0 spiro atoms. The lowest BCUT2D eigenvalue weighted by Crippen LogP contribution is -2.04. The van der Waals surface area contributed by atoms with E-state index in [1.54, 1.807) is 6.08 Å². The smallest absolute Gasteiger partial charge is 0.302 e. The highest BCUT2D eigenvalue weighted by Crippen LogP contribution is 2.23. The second kappa shape index (κ2) is 10.4. The Morgan fingerprint density at radius 1 is 1.17 bits per heavy atom. The molecule has 0 radical (unpaired) electrons. The van der Waals surface area contributed by atoms with Crippen LogP contribution in [0, 0.1) is 6.92 Å². The summed E-state index contributed by atoms with van der Waals surface area (Å²) in [7, 11) is 0. The van der Waals surface area contributed by atoms with Gasteiger partial charge in [-0.15, -0.1) is 6.58 Å². The van der Waals surface area contributed by atoms with E-state index in [0.717, 1.165) is 16.7 Å². The molecule has 1 N–H and O–H groups in total. The van der Waals surface area contributed by atoms with E-state index >= 15 is 0 Å². The van der Waals surface area contributed by atoms with Crippen LogP contribution in [0.5, 0.6) is 0 Å². The van der Waals surface area contributed by atoms with Gasteiger partial charge in [-0.2, -0.15) is 0 Å². The van der Waals surface area contributed by atoms with Gasteiger partial charge in [-0.3, -0.25) is 4.79 Å². The Hall–Kier alpha value is -2.39. The maximum absolute atomic E-state index is 10.8. The third kappa shape index (κ3) is 6.39. The molecule has 0 bridgehead atoms. The number of carbonyl (C=O) groups is 1. The summed E-state index contributed by atoms with van der Waals surface area (Å²) in [6, 6.07) is 14.2. The molecule has 0 aromatic heterocycles. The van der Waals surface area contributed by atoms with Crippen molar-refractivity contribution in [3.63, 3.8) is 0 Å². The minimum atomic E-state index is -0.247. The zero-order valence-corrected chi connectivity index (χ0v) is 14.7. The summed E-state index contributed by atoms with van der Waals surface area (Å²) in [5.41, 5.74) is 5.52. The molecule has 24 heavy (non-hydrogen) atoms. The number of hydrogen-bond donors (Lipinski definition) is 1. The molecule has 0 fully saturated rings. The molecule has 0 unspecified atom stereocenters. The highest BCUT2D eigenvalue weighted by Gasteiger charge is 2.04. The average Bonchev–Trinajstić information content (AvgIpc) is 2.57. The third-order valence-electron chi connectivity index (χ3n) is 3.50. The first-order valence-corrected chi connectivity index (χ1v) is 8.02. The maximum Gasteiger partial charge on any atom is 0.302 e. The van der Waals surface area contributed by atoms with Crippen molar-refractivity contribution in [1.82, 2.24) is 0 Å². The minimum absolute atomic E-state index is 0.0574. The lowest BCUT2D eigenvalue weighted by atomic mass is 9.97. The second-order valence-electron chi connectivity index (χ2n) is 5.49. The molecule has 0 atom stereocenters. The van der Waals surface area contributed by atoms with Crippen molar-refractivity contribution < 1.29 is 14.6 Å². The molecule has 128 valence electrons. The Morgan fingerprint density at radius 2 is 1.75 bits per heavy atom. The SMILES string of the molecule is C=CC.CC(=O)OCCc1cc(-c2ccc(CO)cc2)ccc1C. The third-order valence-corrected chi connectivity index (χ3v) is 3.50. The fourth-order valence-corrected chi connectivity index (χ4v) is 2.23. The van der Waals surface area contributed by atoms with Gasteiger partial charge in [0.2, 0.25) is 0 Å². The molecule has 0 saturated heterocycles. The van der Waals surface area contributed by atoms with Crippen molar-refractivity contribution in [2.45, 2.75) is 33.8 Å². The fourth-order valence-electron chi connectivity index (χ4n) is 2.23. The van der Waals surface area contributed by atoms with Gasteiger partial charge in [0.25, 0.3) is 0 Å². The molecule has 2 aromatic rings. The highest BCUT2D eigenvalue weighted by atomic mass is 16.5. The fraction of sp³-hybridized carbons (Fsp3) is 0.286. The van der Waals surface area contributed by atoms with Crippen LogP contribution in [0.1, 0.15) is 30.5 Å². The lowest BCUT2D eigenvalue weighted by molar-refractivity contribution is -0.140. The van der Waals surface area contributed by atoms with Crippen molar-refractivity contribution in [2.24, 2.45) is 0 Å². The number of ether oxygens (including phenoxy) is 1. The van der Waals surface area contributed by atoms with Crippen LogP contribution in [0.3, 0.4) is 0 Å². The Balaban J connectivity index is 0.000000891. The minimum Gasteiger partial charge on any atom is -0.466 e. The molecule has 0 aliphatic rings. The molecule has 0 saturated carbocycles. The van der Waals surface area contributed by atoms with Gasteiger partial charge in [-0.05, 0) is 41.7 Å². The molecular weight excluding hydrogens is 300 g/mol. The number of aliphatic hydroxyl groups is 1. The molecule has 0 aliphatic carbocycles. The van der Waals surface area contributed by atoms with Crippen molar-refractivity contribution in [1.29, 1.82) is 0 Å². The zero-order valence-electron chi connectivity index (χ0n) is 14.7. The van der Waals surface area contributed by atoms with Gasteiger partial charge < -0.3 is 9.84 Å². The Bertz CT molecular complexity index is 657. The largest absolute Gasteiger partial charge is 0.466 e. The number of benzene rings is 2. The predicted octanol–water partition coefficient (Wildman–Crippen LogP) is 4.45. The normalized spacial score (nSPS) is 9.67. The average molecular weight is 326 g/mol. The summed E-state index contributed by atoms with van der Waals surface area (Å²) >= 11 is 0. The first-order valence-electron chi connectivity index (χ1n) is 8.02. The van der Waals surface area contributed by atoms with Gasteiger partial charge in [0.1, 0.15) is 0 Å². The number of esters is 1. The van der Waals surface area contributed by atoms with Crippen LogP contribution in [0.2, 0.25) is 0 Å². The zero-order chi connectivity index (χ0) is 17.9. The van der Waals surface area contributed by atoms with Gasteiger partial charge in [0.15, 0.2) is 0 Å². The van der Waals surface area contributed by atoms with Gasteiger partial charge in [0.05, 0.1) is 13.2 Å². The second-order valence-corrected chi connectivity index (χ2v) is 5.49. The number of rotatable bonds is 5. The molecular formula is C21H26O3. The number of hydrogen-bond acceptors (Lipinski definition) is 3. The van der Waals surface area contributed by atoms with E-state index in [1.807, 2.05) is 31.2 Å². The van der Waals surface area contributed by atoms with Crippen molar-refractivity contribution in [3.8, 4) is 11.1 Å². The maximum atomic E-state index is 10.8. The van der Waals surface area contributed by atoms with Crippen LogP contribution in [0.4, 0.5) is 0 Å². The predicted molar refractivity (Wildman–Crippen MR) is 98.7 cm³/mol. The van der Waals surface area contributed by atoms with E-state index in [9.17, 15) is 4.79 Å². The van der Waals surface area contributed by atoms with Gasteiger partial charge in [0, 0.05) is 13.3 Å². The van der Waals surface area contributed by atoms with E-state index in [4.69, 9.17) is 9.84 Å². The van der Waals surface area contributed by atoms with E-state index < -0.39 is 0 Å². The van der Waals surface area contributed by atoms with E-state index in [0.29, 0.717) is 13.0 Å². The van der Waals surface area contributed by atoms with Crippen LogP contribution >= 0.6 is 0 Å². The summed E-state index contributed by atoms with van der Waals surface area (Å²) in [5.74, 6) is -0.247. The number of carbonyl (C=O) groups excluding carboxylic acids is 1.